The molecule has 1 rings (SSSR count). The summed E-state index contributed by atoms with van der Waals surface area (Å²) in [6, 6.07) is -0.360. The van der Waals surface area contributed by atoms with Gasteiger partial charge in [-0.25, -0.2) is 13.4 Å². The summed E-state index contributed by atoms with van der Waals surface area (Å²) in [5.41, 5.74) is 6.89. The van der Waals surface area contributed by atoms with Crippen molar-refractivity contribution >= 4 is 9.84 Å². The topological polar surface area (TPSA) is 88.8 Å². The lowest BCUT2D eigenvalue weighted by Gasteiger charge is -2.15. The van der Waals surface area contributed by atoms with Crippen molar-refractivity contribution in [2.24, 2.45) is 5.73 Å². The van der Waals surface area contributed by atoms with Crippen LogP contribution in [0.2, 0.25) is 0 Å². The Balaban J connectivity index is 2.71. The molecule has 0 fully saturated rings. The van der Waals surface area contributed by atoms with E-state index in [4.69, 9.17) is 5.73 Å². The van der Waals surface area contributed by atoms with E-state index in [1.807, 2.05) is 0 Å². The van der Waals surface area contributed by atoms with E-state index >= 15 is 0 Å². The Morgan fingerprint density at radius 3 is 2.47 bits per heavy atom. The molecule has 0 aromatic carbocycles. The first-order chi connectivity index (χ1) is 7.59. The summed E-state index contributed by atoms with van der Waals surface area (Å²) in [4.78, 5) is 7.37. The minimum absolute atomic E-state index is 0.0121. The maximum atomic E-state index is 11.0. The number of aromatic nitrogens is 2. The van der Waals surface area contributed by atoms with E-state index in [0.29, 0.717) is 12.2 Å². The molecule has 0 spiro atoms. The molecule has 0 radical (unpaired) electrons. The Kier molecular flexibility index (Phi) is 3.99. The summed E-state index contributed by atoms with van der Waals surface area (Å²) in [6.45, 7) is 6.23. The largest absolute Gasteiger partial charge is 0.344 e. The zero-order valence-corrected chi connectivity index (χ0v) is 11.6. The molecule has 0 saturated carbocycles. The van der Waals surface area contributed by atoms with Crippen LogP contribution in [0.1, 0.15) is 44.8 Å². The molecule has 6 heteroatoms. The summed E-state index contributed by atoms with van der Waals surface area (Å²) < 4.78 is 22.1. The van der Waals surface area contributed by atoms with Crippen LogP contribution in [0.5, 0.6) is 0 Å². The molecular formula is C11H21N3O2S. The molecule has 17 heavy (non-hydrogen) atoms. The summed E-state index contributed by atoms with van der Waals surface area (Å²) in [5.74, 6) is 0.735. The van der Waals surface area contributed by atoms with E-state index in [9.17, 15) is 8.42 Å². The first-order valence-corrected chi connectivity index (χ1v) is 7.64. The quantitative estimate of drug-likeness (QED) is 0.848. The van der Waals surface area contributed by atoms with Crippen molar-refractivity contribution < 1.29 is 8.42 Å². The maximum absolute atomic E-state index is 11.0. The minimum Gasteiger partial charge on any atom is -0.344 e. The van der Waals surface area contributed by atoms with Crippen LogP contribution in [0.25, 0.3) is 0 Å². The number of sulfone groups is 1. The number of aromatic amines is 1. The lowest BCUT2D eigenvalue weighted by molar-refractivity contribution is 0.563. The molecular weight excluding hydrogens is 238 g/mol. The van der Waals surface area contributed by atoms with Crippen molar-refractivity contribution in [3.8, 4) is 0 Å². The van der Waals surface area contributed by atoms with Crippen LogP contribution in [-0.4, -0.2) is 30.4 Å². The van der Waals surface area contributed by atoms with Crippen molar-refractivity contribution in [2.75, 3.05) is 12.0 Å². The van der Waals surface area contributed by atoms with Gasteiger partial charge in [0.15, 0.2) is 0 Å². The van der Waals surface area contributed by atoms with Crippen molar-refractivity contribution in [3.05, 3.63) is 17.7 Å². The molecule has 0 saturated heterocycles. The van der Waals surface area contributed by atoms with E-state index in [2.05, 4.69) is 30.7 Å². The molecule has 1 heterocycles. The Bertz CT molecular complexity index is 471. The fraction of sp³-hybridized carbons (Fsp3) is 0.727. The molecule has 0 aliphatic carbocycles. The van der Waals surface area contributed by atoms with Gasteiger partial charge in [0.05, 0.1) is 11.8 Å². The Morgan fingerprint density at radius 2 is 2.06 bits per heavy atom. The van der Waals surface area contributed by atoms with Gasteiger partial charge in [-0.05, 0) is 6.42 Å². The van der Waals surface area contributed by atoms with Crippen LogP contribution in [0.15, 0.2) is 6.20 Å². The van der Waals surface area contributed by atoms with Crippen molar-refractivity contribution in [3.63, 3.8) is 0 Å². The van der Waals surface area contributed by atoms with E-state index in [-0.39, 0.29) is 17.2 Å². The lowest BCUT2D eigenvalue weighted by Crippen LogP contribution is -2.18. The fourth-order valence-electron chi connectivity index (χ4n) is 1.38. The van der Waals surface area contributed by atoms with Crippen LogP contribution < -0.4 is 5.73 Å². The Morgan fingerprint density at radius 1 is 1.47 bits per heavy atom. The van der Waals surface area contributed by atoms with E-state index in [0.717, 1.165) is 5.69 Å². The summed E-state index contributed by atoms with van der Waals surface area (Å²) >= 11 is 0. The number of hydrogen-bond acceptors (Lipinski definition) is 4. The molecule has 1 unspecified atom stereocenters. The van der Waals surface area contributed by atoms with Gasteiger partial charge in [-0.2, -0.15) is 0 Å². The lowest BCUT2D eigenvalue weighted by atomic mass is 9.93. The number of imidazole rings is 1. The van der Waals surface area contributed by atoms with Crippen LogP contribution in [-0.2, 0) is 15.3 Å². The zero-order valence-electron chi connectivity index (χ0n) is 10.8. The normalized spacial score (nSPS) is 14.9. The highest BCUT2D eigenvalue weighted by molar-refractivity contribution is 7.90. The highest BCUT2D eigenvalue weighted by Gasteiger charge is 2.19. The number of H-pyrrole nitrogens is 1. The highest BCUT2D eigenvalue weighted by Crippen LogP contribution is 2.21. The summed E-state index contributed by atoms with van der Waals surface area (Å²) in [6.07, 6.45) is 3.36. The second-order valence-electron chi connectivity index (χ2n) is 5.46. The molecule has 0 aliphatic heterocycles. The van der Waals surface area contributed by atoms with Crippen LogP contribution in [0, 0.1) is 0 Å². The SMILES string of the molecule is CC(C)(C)c1cnc(C(N)CCS(C)(=O)=O)[nH]1. The first-order valence-electron chi connectivity index (χ1n) is 5.58. The third-order valence-corrected chi connectivity index (χ3v) is 3.53. The Hall–Kier alpha value is -0.880. The zero-order chi connectivity index (χ0) is 13.3. The van der Waals surface area contributed by atoms with Crippen LogP contribution in [0.3, 0.4) is 0 Å². The van der Waals surface area contributed by atoms with Crippen molar-refractivity contribution in [1.29, 1.82) is 0 Å². The van der Waals surface area contributed by atoms with E-state index < -0.39 is 9.84 Å². The molecule has 0 aliphatic rings. The summed E-state index contributed by atoms with van der Waals surface area (Å²) in [7, 11) is -2.97. The van der Waals surface area contributed by atoms with Gasteiger partial charge in [0.2, 0.25) is 0 Å². The van der Waals surface area contributed by atoms with Gasteiger partial charge in [-0.3, -0.25) is 0 Å². The second kappa shape index (κ2) is 4.78. The predicted molar refractivity (Wildman–Crippen MR) is 68.5 cm³/mol. The van der Waals surface area contributed by atoms with Gasteiger partial charge in [0, 0.05) is 23.6 Å². The third kappa shape index (κ3) is 4.47. The van der Waals surface area contributed by atoms with Gasteiger partial charge >= 0.3 is 0 Å². The molecule has 0 bridgehead atoms. The third-order valence-electron chi connectivity index (χ3n) is 2.55. The molecule has 1 aromatic rings. The first kappa shape index (κ1) is 14.2. The van der Waals surface area contributed by atoms with Gasteiger partial charge in [-0.15, -0.1) is 0 Å². The standard InChI is InChI=1S/C11H21N3O2S/c1-11(2,3)9-7-13-10(14-9)8(12)5-6-17(4,15)16/h7-8H,5-6,12H2,1-4H3,(H,13,14). The van der Waals surface area contributed by atoms with Gasteiger partial charge in [0.1, 0.15) is 15.7 Å². The van der Waals surface area contributed by atoms with Crippen LogP contribution >= 0.6 is 0 Å². The molecule has 0 amide bonds. The second-order valence-corrected chi connectivity index (χ2v) is 7.72. The monoisotopic (exact) mass is 259 g/mol. The van der Waals surface area contributed by atoms with Crippen molar-refractivity contribution in [1.82, 2.24) is 9.97 Å². The molecule has 5 nitrogen and oxygen atoms in total. The predicted octanol–water partition coefficient (Wildman–Crippen LogP) is 1.14. The number of nitrogens with two attached hydrogens (primary N) is 1. The summed E-state index contributed by atoms with van der Waals surface area (Å²) in [5, 5.41) is 0. The van der Waals surface area contributed by atoms with Crippen molar-refractivity contribution in [2.45, 2.75) is 38.6 Å². The number of hydrogen-bond donors (Lipinski definition) is 2. The van der Waals surface area contributed by atoms with E-state index in [1.54, 1.807) is 6.20 Å². The fourth-order valence-corrected chi connectivity index (χ4v) is 2.07. The smallest absolute Gasteiger partial charge is 0.147 e. The van der Waals surface area contributed by atoms with Crippen LogP contribution in [0.4, 0.5) is 0 Å². The molecule has 1 atom stereocenters. The minimum atomic E-state index is -2.97. The Labute approximate surface area is 103 Å². The average molecular weight is 259 g/mol. The van der Waals surface area contributed by atoms with E-state index in [1.165, 1.54) is 6.26 Å². The highest BCUT2D eigenvalue weighted by atomic mass is 32.2. The van der Waals surface area contributed by atoms with Gasteiger partial charge < -0.3 is 10.7 Å². The maximum Gasteiger partial charge on any atom is 0.147 e. The molecule has 98 valence electrons. The molecule has 1 aromatic heterocycles. The van der Waals surface area contributed by atoms with Gasteiger partial charge in [-0.1, -0.05) is 20.8 Å². The van der Waals surface area contributed by atoms with Gasteiger partial charge in [0.25, 0.3) is 0 Å². The number of nitrogens with one attached hydrogen (secondary N) is 1. The number of nitrogens with zero attached hydrogens (tertiary/aromatic N) is 1. The molecule has 3 N–H and O–H groups in total. The number of rotatable bonds is 4. The average Bonchev–Trinajstić information content (AvgIpc) is 2.60.